The quantitative estimate of drug-likeness (QED) is 0.756. The van der Waals surface area contributed by atoms with E-state index in [2.05, 4.69) is 18.6 Å². The van der Waals surface area contributed by atoms with E-state index in [0.29, 0.717) is 11.6 Å². The maximum Gasteiger partial charge on any atom is 0.216 e. The van der Waals surface area contributed by atoms with E-state index < -0.39 is 10.0 Å². The Morgan fingerprint density at radius 2 is 1.79 bits per heavy atom. The van der Waals surface area contributed by atoms with Crippen LogP contribution in [0.15, 0.2) is 24.3 Å². The van der Waals surface area contributed by atoms with Crippen molar-refractivity contribution in [2.75, 3.05) is 5.73 Å². The highest BCUT2D eigenvalue weighted by Gasteiger charge is 2.16. The zero-order chi connectivity index (χ0) is 14.5. The Balaban J connectivity index is 2.59. The lowest BCUT2D eigenvalue weighted by Crippen LogP contribution is -2.34. The fourth-order valence-corrected chi connectivity index (χ4v) is 3.42. The van der Waals surface area contributed by atoms with Crippen molar-refractivity contribution in [1.82, 2.24) is 4.72 Å². The average molecular weight is 284 g/mol. The van der Waals surface area contributed by atoms with E-state index in [1.807, 2.05) is 6.92 Å². The number of sulfonamides is 1. The van der Waals surface area contributed by atoms with Crippen molar-refractivity contribution < 1.29 is 8.42 Å². The van der Waals surface area contributed by atoms with E-state index >= 15 is 0 Å². The van der Waals surface area contributed by atoms with Crippen LogP contribution in [0.5, 0.6) is 0 Å². The summed E-state index contributed by atoms with van der Waals surface area (Å²) in [6.45, 7) is 6.15. The number of nitrogens with two attached hydrogens (primary N) is 1. The van der Waals surface area contributed by atoms with Crippen LogP contribution < -0.4 is 10.5 Å². The molecule has 108 valence electrons. The molecule has 0 aromatic heterocycles. The van der Waals surface area contributed by atoms with Crippen molar-refractivity contribution in [3.8, 4) is 0 Å². The predicted octanol–water partition coefficient (Wildman–Crippen LogP) is 2.51. The zero-order valence-electron chi connectivity index (χ0n) is 11.9. The normalized spacial score (nSPS) is 15.1. The smallest absolute Gasteiger partial charge is 0.216 e. The molecule has 1 aromatic carbocycles. The molecule has 0 aliphatic carbocycles. The SMILES string of the molecule is CCC(C)CC(C)NS(=O)(=O)Cc1ccc(N)cc1. The van der Waals surface area contributed by atoms with Gasteiger partial charge in [0.25, 0.3) is 0 Å². The topological polar surface area (TPSA) is 72.2 Å². The monoisotopic (exact) mass is 284 g/mol. The maximum absolute atomic E-state index is 12.0. The summed E-state index contributed by atoms with van der Waals surface area (Å²) < 4.78 is 26.8. The van der Waals surface area contributed by atoms with Gasteiger partial charge in [-0.05, 0) is 37.0 Å². The lowest BCUT2D eigenvalue weighted by Gasteiger charge is -2.17. The van der Waals surface area contributed by atoms with Crippen LogP contribution in [0, 0.1) is 5.92 Å². The van der Waals surface area contributed by atoms with Crippen LogP contribution in [0.4, 0.5) is 5.69 Å². The number of benzene rings is 1. The van der Waals surface area contributed by atoms with Crippen LogP contribution in [-0.2, 0) is 15.8 Å². The van der Waals surface area contributed by atoms with Crippen LogP contribution in [0.25, 0.3) is 0 Å². The van der Waals surface area contributed by atoms with Gasteiger partial charge in [-0.1, -0.05) is 32.4 Å². The molecule has 0 amide bonds. The van der Waals surface area contributed by atoms with Crippen molar-refractivity contribution in [2.45, 2.75) is 45.4 Å². The summed E-state index contributed by atoms with van der Waals surface area (Å²) in [4.78, 5) is 0. The van der Waals surface area contributed by atoms with E-state index in [1.54, 1.807) is 24.3 Å². The van der Waals surface area contributed by atoms with Gasteiger partial charge >= 0.3 is 0 Å². The molecule has 0 saturated carbocycles. The highest BCUT2D eigenvalue weighted by atomic mass is 32.2. The molecular formula is C14H24N2O2S. The molecule has 0 saturated heterocycles. The molecule has 0 heterocycles. The van der Waals surface area contributed by atoms with E-state index in [1.165, 1.54) is 0 Å². The Hall–Kier alpha value is -1.07. The zero-order valence-corrected chi connectivity index (χ0v) is 12.7. The first-order chi connectivity index (χ1) is 8.82. The number of hydrogen-bond donors (Lipinski definition) is 2. The van der Waals surface area contributed by atoms with Gasteiger partial charge in [-0.2, -0.15) is 0 Å². The molecule has 0 fully saturated rings. The third kappa shape index (κ3) is 6.07. The minimum absolute atomic E-state index is 0.00186. The molecule has 19 heavy (non-hydrogen) atoms. The maximum atomic E-state index is 12.0. The van der Waals surface area contributed by atoms with Gasteiger partial charge in [0.1, 0.15) is 0 Å². The Labute approximate surface area is 116 Å². The summed E-state index contributed by atoms with van der Waals surface area (Å²) in [5, 5.41) is 0. The van der Waals surface area contributed by atoms with Gasteiger partial charge in [0.15, 0.2) is 0 Å². The summed E-state index contributed by atoms with van der Waals surface area (Å²) in [7, 11) is -3.29. The van der Waals surface area contributed by atoms with E-state index in [4.69, 9.17) is 5.73 Å². The number of nitrogens with one attached hydrogen (secondary N) is 1. The van der Waals surface area contributed by atoms with Gasteiger partial charge in [0.2, 0.25) is 10.0 Å². The molecule has 0 aliphatic rings. The fraction of sp³-hybridized carbons (Fsp3) is 0.571. The molecule has 4 nitrogen and oxygen atoms in total. The van der Waals surface area contributed by atoms with Crippen LogP contribution in [0.1, 0.15) is 39.2 Å². The fourth-order valence-electron chi connectivity index (χ4n) is 2.00. The van der Waals surface area contributed by atoms with Crippen LogP contribution in [0.3, 0.4) is 0 Å². The summed E-state index contributed by atoms with van der Waals surface area (Å²) in [6, 6.07) is 6.89. The highest BCUT2D eigenvalue weighted by molar-refractivity contribution is 7.88. The Morgan fingerprint density at radius 3 is 2.32 bits per heavy atom. The first-order valence-electron chi connectivity index (χ1n) is 6.66. The van der Waals surface area contributed by atoms with E-state index in [9.17, 15) is 8.42 Å². The first-order valence-corrected chi connectivity index (χ1v) is 8.32. The third-order valence-electron chi connectivity index (χ3n) is 3.17. The first kappa shape index (κ1) is 16.0. The summed E-state index contributed by atoms with van der Waals surface area (Å²) in [5.74, 6) is 0.521. The second kappa shape index (κ2) is 6.91. The number of anilines is 1. The Morgan fingerprint density at radius 1 is 1.21 bits per heavy atom. The lowest BCUT2D eigenvalue weighted by molar-refractivity contribution is 0.445. The molecule has 0 spiro atoms. The predicted molar refractivity (Wildman–Crippen MR) is 80.1 cm³/mol. The standard InChI is InChI=1S/C14H24N2O2S/c1-4-11(2)9-12(3)16-19(17,18)10-13-5-7-14(15)8-6-13/h5-8,11-12,16H,4,9-10,15H2,1-3H3. The largest absolute Gasteiger partial charge is 0.399 e. The van der Waals surface area contributed by atoms with Crippen LogP contribution in [-0.4, -0.2) is 14.5 Å². The van der Waals surface area contributed by atoms with Crippen LogP contribution >= 0.6 is 0 Å². The minimum Gasteiger partial charge on any atom is -0.399 e. The highest BCUT2D eigenvalue weighted by Crippen LogP contribution is 2.12. The average Bonchev–Trinajstić information content (AvgIpc) is 2.30. The molecule has 2 unspecified atom stereocenters. The molecular weight excluding hydrogens is 260 g/mol. The van der Waals surface area contributed by atoms with Crippen molar-refractivity contribution in [1.29, 1.82) is 0 Å². The summed E-state index contributed by atoms with van der Waals surface area (Å²) in [6.07, 6.45) is 1.92. The van der Waals surface area contributed by atoms with Crippen LogP contribution in [0.2, 0.25) is 0 Å². The third-order valence-corrected chi connectivity index (χ3v) is 4.64. The van der Waals surface area contributed by atoms with Crippen molar-refractivity contribution >= 4 is 15.7 Å². The van der Waals surface area contributed by atoms with Crippen molar-refractivity contribution in [2.24, 2.45) is 5.92 Å². The van der Waals surface area contributed by atoms with Gasteiger partial charge in [-0.15, -0.1) is 0 Å². The number of rotatable bonds is 7. The summed E-state index contributed by atoms with van der Waals surface area (Å²) in [5.41, 5.74) is 6.96. The van der Waals surface area contributed by atoms with Gasteiger partial charge in [0, 0.05) is 11.7 Å². The molecule has 0 radical (unpaired) electrons. The minimum atomic E-state index is -3.29. The van der Waals surface area contributed by atoms with Crippen molar-refractivity contribution in [3.63, 3.8) is 0 Å². The second-order valence-electron chi connectivity index (χ2n) is 5.27. The molecule has 0 bridgehead atoms. The van der Waals surface area contributed by atoms with Crippen molar-refractivity contribution in [3.05, 3.63) is 29.8 Å². The molecule has 1 aromatic rings. The van der Waals surface area contributed by atoms with Gasteiger partial charge in [-0.25, -0.2) is 13.1 Å². The van der Waals surface area contributed by atoms with Gasteiger partial charge in [0.05, 0.1) is 5.75 Å². The van der Waals surface area contributed by atoms with E-state index in [0.717, 1.165) is 18.4 Å². The van der Waals surface area contributed by atoms with Gasteiger partial charge in [-0.3, -0.25) is 0 Å². The summed E-state index contributed by atoms with van der Waals surface area (Å²) >= 11 is 0. The molecule has 3 N–H and O–H groups in total. The Bertz CT molecular complexity index is 483. The molecule has 5 heteroatoms. The lowest BCUT2D eigenvalue weighted by atomic mass is 10.0. The second-order valence-corrected chi connectivity index (χ2v) is 7.02. The Kier molecular flexibility index (Phi) is 5.82. The number of hydrogen-bond acceptors (Lipinski definition) is 3. The molecule has 2 atom stereocenters. The number of nitrogen functional groups attached to an aromatic ring is 1. The van der Waals surface area contributed by atoms with E-state index in [-0.39, 0.29) is 11.8 Å². The molecule has 1 rings (SSSR count). The van der Waals surface area contributed by atoms with Gasteiger partial charge < -0.3 is 5.73 Å². The molecule has 0 aliphatic heterocycles.